The molecule has 19 heavy (non-hydrogen) atoms. The van der Waals surface area contributed by atoms with Crippen molar-refractivity contribution in [2.24, 2.45) is 0 Å². The summed E-state index contributed by atoms with van der Waals surface area (Å²) < 4.78 is 6.91. The Labute approximate surface area is 128 Å². The molecule has 1 atom stereocenters. The fraction of sp³-hybridized carbons (Fsp3) is 0.385. The van der Waals surface area contributed by atoms with E-state index in [0.717, 1.165) is 19.1 Å². The third-order valence-corrected chi connectivity index (χ3v) is 3.92. The summed E-state index contributed by atoms with van der Waals surface area (Å²) in [5, 5.41) is 2.88. The molecule has 1 saturated carbocycles. The lowest BCUT2D eigenvalue weighted by atomic mass is 10.2. The van der Waals surface area contributed by atoms with E-state index in [4.69, 9.17) is 4.74 Å². The number of nitrogens with one attached hydrogen (secondary N) is 1. The molecule has 1 aromatic rings. The Bertz CT molecular complexity index is 492. The number of hydrogen-bond donors (Lipinski definition) is 1. The van der Waals surface area contributed by atoms with Gasteiger partial charge in [-0.05, 0) is 63.8 Å². The third kappa shape index (κ3) is 3.79. The molecule has 6 heteroatoms. The monoisotopic (exact) mass is 389 g/mol. The quantitative estimate of drug-likeness (QED) is 0.786. The van der Waals surface area contributed by atoms with Gasteiger partial charge in [-0.1, -0.05) is 0 Å². The van der Waals surface area contributed by atoms with Crippen molar-refractivity contribution in [1.29, 1.82) is 0 Å². The van der Waals surface area contributed by atoms with E-state index >= 15 is 0 Å². The second-order valence-electron chi connectivity index (χ2n) is 4.47. The van der Waals surface area contributed by atoms with Gasteiger partial charge in [-0.15, -0.1) is 0 Å². The Morgan fingerprint density at radius 1 is 1.42 bits per heavy atom. The predicted molar refractivity (Wildman–Crippen MR) is 78.5 cm³/mol. The smallest absolute Gasteiger partial charge is 0.260 e. The average Bonchev–Trinajstić information content (AvgIpc) is 3.16. The number of benzene rings is 1. The van der Waals surface area contributed by atoms with Crippen molar-refractivity contribution in [1.82, 2.24) is 5.32 Å². The van der Waals surface area contributed by atoms with E-state index in [2.05, 4.69) is 37.2 Å². The van der Waals surface area contributed by atoms with Crippen molar-refractivity contribution < 1.29 is 14.3 Å². The lowest BCUT2D eigenvalue weighted by Crippen LogP contribution is -2.37. The molecule has 1 aromatic carbocycles. The first-order chi connectivity index (χ1) is 9.01. The van der Waals surface area contributed by atoms with E-state index in [-0.39, 0.29) is 5.91 Å². The first-order valence-electron chi connectivity index (χ1n) is 5.92. The van der Waals surface area contributed by atoms with Crippen LogP contribution in [0.25, 0.3) is 0 Å². The number of rotatable bonds is 5. The van der Waals surface area contributed by atoms with Crippen LogP contribution in [0.1, 0.15) is 30.1 Å². The van der Waals surface area contributed by atoms with Crippen molar-refractivity contribution >= 4 is 44.1 Å². The van der Waals surface area contributed by atoms with Crippen LogP contribution in [0.3, 0.4) is 0 Å². The summed E-state index contributed by atoms with van der Waals surface area (Å²) in [6.45, 7) is 1.70. The van der Waals surface area contributed by atoms with Crippen molar-refractivity contribution in [2.45, 2.75) is 31.9 Å². The maximum absolute atomic E-state index is 11.8. The highest BCUT2D eigenvalue weighted by molar-refractivity contribution is 9.11. The normalized spacial score (nSPS) is 15.7. The van der Waals surface area contributed by atoms with Gasteiger partial charge in [0.05, 0.1) is 8.95 Å². The van der Waals surface area contributed by atoms with E-state index < -0.39 is 6.10 Å². The lowest BCUT2D eigenvalue weighted by Gasteiger charge is -2.17. The fourth-order valence-electron chi connectivity index (χ4n) is 1.54. The summed E-state index contributed by atoms with van der Waals surface area (Å²) in [5.74, 6) is 0.393. The SMILES string of the molecule is CC(Oc1c(Br)cc(C=O)cc1Br)C(=O)NC1CC1. The van der Waals surface area contributed by atoms with Crippen LogP contribution in [0, 0.1) is 0 Å². The van der Waals surface area contributed by atoms with Crippen LogP contribution in [0.2, 0.25) is 0 Å². The second kappa shape index (κ2) is 6.05. The minimum Gasteiger partial charge on any atom is -0.479 e. The minimum atomic E-state index is -0.588. The van der Waals surface area contributed by atoms with E-state index in [9.17, 15) is 9.59 Å². The molecule has 102 valence electrons. The van der Waals surface area contributed by atoms with Gasteiger partial charge in [-0.25, -0.2) is 0 Å². The molecule has 0 bridgehead atoms. The van der Waals surface area contributed by atoms with Crippen LogP contribution in [0.15, 0.2) is 21.1 Å². The molecule has 1 fully saturated rings. The van der Waals surface area contributed by atoms with Gasteiger partial charge in [0.2, 0.25) is 0 Å². The maximum atomic E-state index is 11.8. The first kappa shape index (κ1) is 14.5. The Kier molecular flexibility index (Phi) is 4.62. The van der Waals surface area contributed by atoms with Crippen molar-refractivity contribution in [2.75, 3.05) is 0 Å². The number of carbonyl (C=O) groups is 2. The molecular weight excluding hydrogens is 378 g/mol. The molecule has 1 aliphatic rings. The molecule has 1 unspecified atom stereocenters. The summed E-state index contributed by atoms with van der Waals surface area (Å²) in [7, 11) is 0. The minimum absolute atomic E-state index is 0.124. The van der Waals surface area contributed by atoms with Crippen LogP contribution in [-0.2, 0) is 4.79 Å². The Morgan fingerprint density at radius 3 is 2.47 bits per heavy atom. The average molecular weight is 391 g/mol. The molecule has 4 nitrogen and oxygen atoms in total. The number of halogens is 2. The summed E-state index contributed by atoms with van der Waals surface area (Å²) in [5.41, 5.74) is 0.529. The summed E-state index contributed by atoms with van der Waals surface area (Å²) in [6, 6.07) is 3.61. The van der Waals surface area contributed by atoms with E-state index in [1.165, 1.54) is 0 Å². The van der Waals surface area contributed by atoms with E-state index in [0.29, 0.717) is 26.3 Å². The predicted octanol–water partition coefficient (Wildman–Crippen LogP) is 3.07. The number of aldehydes is 1. The molecule has 0 saturated heterocycles. The zero-order chi connectivity index (χ0) is 14.0. The molecule has 0 heterocycles. The van der Waals surface area contributed by atoms with Crippen LogP contribution < -0.4 is 10.1 Å². The van der Waals surface area contributed by atoms with Gasteiger partial charge in [-0.3, -0.25) is 9.59 Å². The molecule has 0 radical (unpaired) electrons. The molecule has 0 aliphatic heterocycles. The van der Waals surface area contributed by atoms with Gasteiger partial charge in [-0.2, -0.15) is 0 Å². The van der Waals surface area contributed by atoms with Gasteiger partial charge in [0.1, 0.15) is 12.0 Å². The number of hydrogen-bond acceptors (Lipinski definition) is 3. The number of carbonyl (C=O) groups excluding carboxylic acids is 2. The molecular formula is C13H13Br2NO3. The lowest BCUT2D eigenvalue weighted by molar-refractivity contribution is -0.127. The Balaban J connectivity index is 2.09. The van der Waals surface area contributed by atoms with Gasteiger partial charge in [0, 0.05) is 11.6 Å². The third-order valence-electron chi connectivity index (χ3n) is 2.74. The zero-order valence-electron chi connectivity index (χ0n) is 10.3. The standard InChI is InChI=1S/C13H13Br2NO3/c1-7(13(18)16-9-2-3-9)19-12-10(14)4-8(6-17)5-11(12)15/h4-7,9H,2-3H2,1H3,(H,16,18). The molecule has 1 N–H and O–H groups in total. The van der Waals surface area contributed by atoms with Gasteiger partial charge in [0.25, 0.3) is 5.91 Å². The van der Waals surface area contributed by atoms with Crippen LogP contribution >= 0.6 is 31.9 Å². The molecule has 2 rings (SSSR count). The van der Waals surface area contributed by atoms with Crippen molar-refractivity contribution in [3.8, 4) is 5.75 Å². The first-order valence-corrected chi connectivity index (χ1v) is 7.51. The molecule has 0 aromatic heterocycles. The Hall–Kier alpha value is -0.880. The van der Waals surface area contributed by atoms with Crippen molar-refractivity contribution in [3.05, 3.63) is 26.6 Å². The maximum Gasteiger partial charge on any atom is 0.260 e. The van der Waals surface area contributed by atoms with Crippen LogP contribution in [-0.4, -0.2) is 24.3 Å². The molecule has 1 amide bonds. The highest BCUT2D eigenvalue weighted by atomic mass is 79.9. The van der Waals surface area contributed by atoms with Gasteiger partial charge >= 0.3 is 0 Å². The summed E-state index contributed by atoms with van der Waals surface area (Å²) in [4.78, 5) is 22.6. The summed E-state index contributed by atoms with van der Waals surface area (Å²) >= 11 is 6.67. The summed E-state index contributed by atoms with van der Waals surface area (Å²) in [6.07, 6.45) is 2.25. The number of amides is 1. The zero-order valence-corrected chi connectivity index (χ0v) is 13.5. The fourth-order valence-corrected chi connectivity index (χ4v) is 2.95. The van der Waals surface area contributed by atoms with E-state index in [1.807, 2.05) is 0 Å². The largest absolute Gasteiger partial charge is 0.479 e. The van der Waals surface area contributed by atoms with Crippen molar-refractivity contribution in [3.63, 3.8) is 0 Å². The highest BCUT2D eigenvalue weighted by Gasteiger charge is 2.27. The second-order valence-corrected chi connectivity index (χ2v) is 6.18. The molecule has 0 spiro atoms. The van der Waals surface area contributed by atoms with Gasteiger partial charge < -0.3 is 10.1 Å². The van der Waals surface area contributed by atoms with Crippen LogP contribution in [0.4, 0.5) is 0 Å². The highest BCUT2D eigenvalue weighted by Crippen LogP contribution is 2.35. The topological polar surface area (TPSA) is 55.4 Å². The molecule has 1 aliphatic carbocycles. The van der Waals surface area contributed by atoms with Gasteiger partial charge in [0.15, 0.2) is 6.10 Å². The van der Waals surface area contributed by atoms with Crippen LogP contribution in [0.5, 0.6) is 5.75 Å². The Morgan fingerprint density at radius 2 is 2.00 bits per heavy atom. The van der Waals surface area contributed by atoms with E-state index in [1.54, 1.807) is 19.1 Å². The number of ether oxygens (including phenoxy) is 1.